The fourth-order valence-corrected chi connectivity index (χ4v) is 5.34. The number of hydrogen-bond acceptors (Lipinski definition) is 8. The van der Waals surface area contributed by atoms with Gasteiger partial charge in [0.15, 0.2) is 6.61 Å². The van der Waals surface area contributed by atoms with Crippen LogP contribution in [0.1, 0.15) is 49.1 Å². The highest BCUT2D eigenvalue weighted by Crippen LogP contribution is 2.41. The summed E-state index contributed by atoms with van der Waals surface area (Å²) in [4.78, 5) is 43.5. The number of nitrogens with zero attached hydrogens (tertiary/aromatic N) is 3. The van der Waals surface area contributed by atoms with Gasteiger partial charge in [0.25, 0.3) is 5.91 Å². The van der Waals surface area contributed by atoms with Crippen LogP contribution in [0, 0.1) is 5.92 Å². The third-order valence-electron chi connectivity index (χ3n) is 7.09. The number of ether oxygens (including phenoxy) is 2. The maximum absolute atomic E-state index is 12.9. The molecule has 0 spiro atoms. The standard InChI is InChI=1S/C25H29N5O5/c1-34-25(33)19-6-4-10-30(19)21(32)14-35-20-7-3-2-5-18(20)22(15-8-9-17(31)11-15)24-26-12-16-13-27-29-23(16)28-24/h2-3,5,7,13,15,19,22H,4,6,8-12,14H2,1H3,(H2,26,27,28,29). The highest BCUT2D eigenvalue weighted by atomic mass is 16.5. The normalized spacial score (nSPS) is 22.3. The number of ketones is 1. The third-order valence-corrected chi connectivity index (χ3v) is 7.09. The molecule has 3 unspecified atom stereocenters. The number of amidine groups is 1. The first-order valence-corrected chi connectivity index (χ1v) is 12.0. The quantitative estimate of drug-likeness (QED) is 0.584. The predicted molar refractivity (Wildman–Crippen MR) is 127 cm³/mol. The molecule has 2 N–H and O–H groups in total. The number of hydrogen-bond donors (Lipinski definition) is 2. The van der Waals surface area contributed by atoms with Gasteiger partial charge in [-0.3, -0.25) is 19.7 Å². The molecule has 2 fully saturated rings. The van der Waals surface area contributed by atoms with Crippen LogP contribution in [0.25, 0.3) is 0 Å². The van der Waals surface area contributed by atoms with E-state index in [4.69, 9.17) is 14.5 Å². The number of fused-ring (bicyclic) bond motifs is 1. The molecule has 2 aromatic rings. The van der Waals surface area contributed by atoms with Crippen LogP contribution in [0.15, 0.2) is 35.5 Å². The summed E-state index contributed by atoms with van der Waals surface area (Å²) in [5, 5.41) is 10.4. The molecule has 0 bridgehead atoms. The zero-order chi connectivity index (χ0) is 24.4. The molecule has 1 saturated heterocycles. The monoisotopic (exact) mass is 479 g/mol. The smallest absolute Gasteiger partial charge is 0.328 e. The summed E-state index contributed by atoms with van der Waals surface area (Å²) in [6.07, 6.45) is 4.88. The Kier molecular flexibility index (Phi) is 6.52. The molecular weight excluding hydrogens is 450 g/mol. The summed E-state index contributed by atoms with van der Waals surface area (Å²) in [5.74, 6) is 1.60. The van der Waals surface area contributed by atoms with Crippen LogP contribution in [0.5, 0.6) is 5.75 Å². The van der Waals surface area contributed by atoms with Crippen molar-refractivity contribution < 1.29 is 23.9 Å². The lowest BCUT2D eigenvalue weighted by Gasteiger charge is -2.29. The van der Waals surface area contributed by atoms with Gasteiger partial charge in [0.05, 0.1) is 19.9 Å². The van der Waals surface area contributed by atoms with Gasteiger partial charge >= 0.3 is 5.97 Å². The summed E-state index contributed by atoms with van der Waals surface area (Å²) in [7, 11) is 1.33. The molecule has 35 heavy (non-hydrogen) atoms. The fourth-order valence-electron chi connectivity index (χ4n) is 5.34. The van der Waals surface area contributed by atoms with Gasteiger partial charge in [-0.25, -0.2) is 4.79 Å². The van der Waals surface area contributed by atoms with Crippen molar-refractivity contribution in [2.75, 3.05) is 25.6 Å². The number of carbonyl (C=O) groups excluding carboxylic acids is 3. The number of rotatable bonds is 7. The van der Waals surface area contributed by atoms with Crippen molar-refractivity contribution in [3.63, 3.8) is 0 Å². The number of aliphatic imine (C=N–C) groups is 1. The molecule has 1 aromatic carbocycles. The predicted octanol–water partition coefficient (Wildman–Crippen LogP) is 2.43. The Morgan fingerprint density at radius 2 is 2.11 bits per heavy atom. The SMILES string of the molecule is COC(=O)C1CCCN1C(=O)COc1ccccc1C(C1=NCc2cn[nH]c2N1)C1CCC(=O)C1. The minimum absolute atomic E-state index is 0.0703. The van der Waals surface area contributed by atoms with Gasteiger partial charge in [-0.15, -0.1) is 0 Å². The second kappa shape index (κ2) is 9.89. The second-order valence-electron chi connectivity index (χ2n) is 9.21. The molecule has 184 valence electrons. The highest BCUT2D eigenvalue weighted by Gasteiger charge is 2.38. The minimum atomic E-state index is -0.562. The molecule has 1 aromatic heterocycles. The van der Waals surface area contributed by atoms with Crippen molar-refractivity contribution in [2.24, 2.45) is 10.9 Å². The van der Waals surface area contributed by atoms with Crippen LogP contribution in [-0.2, 0) is 25.7 Å². The van der Waals surface area contributed by atoms with E-state index in [1.54, 1.807) is 6.20 Å². The Hall–Kier alpha value is -3.69. The number of benzene rings is 1. The Balaban J connectivity index is 1.38. The number of H-pyrrole nitrogens is 1. The zero-order valence-electron chi connectivity index (χ0n) is 19.7. The Labute approximate surface area is 203 Å². The van der Waals surface area contributed by atoms with E-state index in [1.807, 2.05) is 24.3 Å². The Bertz CT molecular complexity index is 1160. The van der Waals surface area contributed by atoms with Gasteiger partial charge < -0.3 is 19.7 Å². The number of likely N-dealkylation sites (tertiary alicyclic amines) is 1. The van der Waals surface area contributed by atoms with E-state index in [-0.39, 0.29) is 30.1 Å². The second-order valence-corrected chi connectivity index (χ2v) is 9.21. The van der Waals surface area contributed by atoms with E-state index in [1.165, 1.54) is 12.0 Å². The van der Waals surface area contributed by atoms with Gasteiger partial charge in [0, 0.05) is 36.4 Å². The Morgan fingerprint density at radius 3 is 2.91 bits per heavy atom. The molecule has 5 rings (SSSR count). The third kappa shape index (κ3) is 4.65. The number of aromatic nitrogens is 2. The molecule has 3 atom stereocenters. The molecule has 1 amide bonds. The largest absolute Gasteiger partial charge is 0.483 e. The topological polar surface area (TPSA) is 126 Å². The number of methoxy groups -OCH3 is 1. The molecular formula is C25H29N5O5. The maximum Gasteiger partial charge on any atom is 0.328 e. The van der Waals surface area contributed by atoms with Crippen molar-refractivity contribution in [2.45, 2.75) is 50.6 Å². The number of anilines is 1. The fraction of sp³-hybridized carbons (Fsp3) is 0.480. The minimum Gasteiger partial charge on any atom is -0.483 e. The molecule has 10 heteroatoms. The molecule has 2 aliphatic heterocycles. The van der Waals surface area contributed by atoms with Crippen molar-refractivity contribution in [3.8, 4) is 5.75 Å². The van der Waals surface area contributed by atoms with E-state index < -0.39 is 12.0 Å². The first-order chi connectivity index (χ1) is 17.0. The summed E-state index contributed by atoms with van der Waals surface area (Å²) in [6.45, 7) is 0.811. The van der Waals surface area contributed by atoms with Gasteiger partial charge in [0.1, 0.15) is 29.2 Å². The lowest BCUT2D eigenvalue weighted by Crippen LogP contribution is -2.43. The number of para-hydroxylation sites is 1. The van der Waals surface area contributed by atoms with E-state index in [0.717, 1.165) is 35.6 Å². The first kappa shape index (κ1) is 23.1. The van der Waals surface area contributed by atoms with E-state index in [2.05, 4.69) is 15.5 Å². The number of esters is 1. The van der Waals surface area contributed by atoms with Crippen LogP contribution in [0.4, 0.5) is 5.82 Å². The molecule has 1 saturated carbocycles. The molecule has 3 heterocycles. The number of carbonyl (C=O) groups is 3. The Morgan fingerprint density at radius 1 is 1.26 bits per heavy atom. The van der Waals surface area contributed by atoms with Crippen LogP contribution in [-0.4, -0.2) is 64.9 Å². The zero-order valence-corrected chi connectivity index (χ0v) is 19.7. The van der Waals surface area contributed by atoms with Crippen LogP contribution >= 0.6 is 0 Å². The molecule has 3 aliphatic rings. The maximum atomic E-state index is 12.9. The van der Waals surface area contributed by atoms with E-state index in [0.29, 0.717) is 38.1 Å². The molecule has 1 aliphatic carbocycles. The van der Waals surface area contributed by atoms with Crippen molar-refractivity contribution in [1.29, 1.82) is 0 Å². The van der Waals surface area contributed by atoms with Gasteiger partial charge in [-0.1, -0.05) is 18.2 Å². The van der Waals surface area contributed by atoms with Crippen LogP contribution in [0.3, 0.4) is 0 Å². The van der Waals surface area contributed by atoms with E-state index >= 15 is 0 Å². The summed E-state index contributed by atoms with van der Waals surface area (Å²) in [5.41, 5.74) is 1.86. The summed E-state index contributed by atoms with van der Waals surface area (Å²) >= 11 is 0. The van der Waals surface area contributed by atoms with Crippen molar-refractivity contribution in [1.82, 2.24) is 15.1 Å². The van der Waals surface area contributed by atoms with Crippen molar-refractivity contribution >= 4 is 29.3 Å². The van der Waals surface area contributed by atoms with Crippen molar-refractivity contribution in [3.05, 3.63) is 41.6 Å². The summed E-state index contributed by atoms with van der Waals surface area (Å²) in [6, 6.07) is 7.02. The highest BCUT2D eigenvalue weighted by molar-refractivity contribution is 6.02. The molecule has 10 nitrogen and oxygen atoms in total. The average molecular weight is 480 g/mol. The number of nitrogens with one attached hydrogen (secondary N) is 2. The number of aromatic amines is 1. The lowest BCUT2D eigenvalue weighted by atomic mass is 9.82. The van der Waals surface area contributed by atoms with E-state index in [9.17, 15) is 14.4 Å². The van der Waals surface area contributed by atoms with Gasteiger partial charge in [0.2, 0.25) is 0 Å². The molecule has 0 radical (unpaired) electrons. The average Bonchev–Trinajstić information content (AvgIpc) is 3.64. The number of Topliss-reactive ketones (excluding diaryl/α,β-unsaturated/α-hetero) is 1. The van der Waals surface area contributed by atoms with Crippen LogP contribution < -0.4 is 10.1 Å². The first-order valence-electron chi connectivity index (χ1n) is 12.0. The van der Waals surface area contributed by atoms with Gasteiger partial charge in [-0.05, 0) is 31.2 Å². The van der Waals surface area contributed by atoms with Gasteiger partial charge in [-0.2, -0.15) is 5.10 Å². The number of amides is 1. The summed E-state index contributed by atoms with van der Waals surface area (Å²) < 4.78 is 10.9. The van der Waals surface area contributed by atoms with Crippen LogP contribution in [0.2, 0.25) is 0 Å². The lowest BCUT2D eigenvalue weighted by molar-refractivity contribution is -0.151.